The van der Waals surface area contributed by atoms with Crippen LogP contribution in [0.3, 0.4) is 0 Å². The predicted molar refractivity (Wildman–Crippen MR) is 194 cm³/mol. The van der Waals surface area contributed by atoms with E-state index in [2.05, 4.69) is 55.4 Å². The van der Waals surface area contributed by atoms with Gasteiger partial charge in [-0.05, 0) is 0 Å². The molecule has 0 aromatic rings. The number of unbranched alkanes of at least 4 members (excludes halogenated alkanes) is 12. The van der Waals surface area contributed by atoms with Gasteiger partial charge in [0.05, 0.1) is 0 Å². The van der Waals surface area contributed by atoms with Crippen molar-refractivity contribution in [2.24, 2.45) is 0 Å². The Hall–Kier alpha value is 0.554. The van der Waals surface area contributed by atoms with Crippen LogP contribution in [0.1, 0.15) is 235 Å². The summed E-state index contributed by atoms with van der Waals surface area (Å²) < 4.78 is 29.6. The van der Waals surface area contributed by atoms with Crippen LogP contribution in [0.15, 0.2) is 0 Å². The maximum absolute atomic E-state index is 7.39. The minimum absolute atomic E-state index is 0.166. The SMILES string of the molecule is CCCCCCC(CCC)[O][Ti]([O]C(CCC)CCCCCC)([O]C(CCC)CCCCCC)[O]C(CCC)CCCCCC. The van der Waals surface area contributed by atoms with Crippen LogP contribution in [0.5, 0.6) is 0 Å². The molecular weight excluding hydrogens is 592 g/mol. The fraction of sp³-hybridized carbons (Fsp3) is 1.00. The van der Waals surface area contributed by atoms with Gasteiger partial charge in [0, 0.05) is 0 Å². The molecule has 4 unspecified atom stereocenters. The molecular formula is C40H84O4Ti. The van der Waals surface area contributed by atoms with Crippen LogP contribution in [-0.4, -0.2) is 24.4 Å². The van der Waals surface area contributed by atoms with E-state index < -0.39 is 18.1 Å². The average Bonchev–Trinajstić information content (AvgIpc) is 3.02. The van der Waals surface area contributed by atoms with Crippen molar-refractivity contribution < 1.29 is 31.4 Å². The molecule has 272 valence electrons. The summed E-state index contributed by atoms with van der Waals surface area (Å²) in [6, 6.07) is 0. The van der Waals surface area contributed by atoms with Crippen molar-refractivity contribution in [2.75, 3.05) is 0 Å². The van der Waals surface area contributed by atoms with E-state index in [1.54, 1.807) is 0 Å². The molecule has 0 spiro atoms. The third-order valence-electron chi connectivity index (χ3n) is 9.21. The zero-order chi connectivity index (χ0) is 33.4. The molecule has 5 heteroatoms. The average molecular weight is 677 g/mol. The maximum atomic E-state index is 7.39. The van der Waals surface area contributed by atoms with Gasteiger partial charge in [0.1, 0.15) is 0 Å². The molecule has 4 atom stereocenters. The van der Waals surface area contributed by atoms with Gasteiger partial charge in [-0.3, -0.25) is 0 Å². The van der Waals surface area contributed by atoms with E-state index in [4.69, 9.17) is 13.3 Å². The molecule has 0 N–H and O–H groups in total. The summed E-state index contributed by atoms with van der Waals surface area (Å²) in [5, 5.41) is 0. The predicted octanol–water partition coefficient (Wildman–Crippen LogP) is 14.4. The molecule has 0 saturated carbocycles. The van der Waals surface area contributed by atoms with E-state index in [0.29, 0.717) is 0 Å². The third-order valence-corrected chi connectivity index (χ3v) is 13.1. The molecule has 0 amide bonds. The second-order valence-corrected chi connectivity index (χ2v) is 17.0. The molecule has 0 saturated heterocycles. The molecule has 0 aromatic carbocycles. The van der Waals surface area contributed by atoms with Crippen LogP contribution in [0.25, 0.3) is 0 Å². The second-order valence-electron chi connectivity index (χ2n) is 14.0. The number of hydrogen-bond donors (Lipinski definition) is 0. The molecule has 0 aliphatic carbocycles. The Kier molecular flexibility index (Phi) is 33.5. The van der Waals surface area contributed by atoms with Crippen LogP contribution in [0.4, 0.5) is 0 Å². The Balaban J connectivity index is 6.57. The molecule has 4 nitrogen and oxygen atoms in total. The van der Waals surface area contributed by atoms with Crippen molar-refractivity contribution in [1.29, 1.82) is 0 Å². The van der Waals surface area contributed by atoms with Gasteiger partial charge in [-0.2, -0.15) is 0 Å². The second kappa shape index (κ2) is 33.1. The molecule has 0 aliphatic heterocycles. The third kappa shape index (κ3) is 25.2. The van der Waals surface area contributed by atoms with Gasteiger partial charge in [-0.15, -0.1) is 0 Å². The van der Waals surface area contributed by atoms with Gasteiger partial charge in [0.25, 0.3) is 0 Å². The summed E-state index contributed by atoms with van der Waals surface area (Å²) in [6.07, 6.45) is 34.1. The Labute approximate surface area is 289 Å². The molecule has 0 rings (SSSR count). The molecule has 0 aromatic heterocycles. The zero-order valence-corrected chi connectivity index (χ0v) is 33.8. The monoisotopic (exact) mass is 677 g/mol. The van der Waals surface area contributed by atoms with Gasteiger partial charge in [-0.1, -0.05) is 0 Å². The topological polar surface area (TPSA) is 36.9 Å². The first kappa shape index (κ1) is 45.6. The van der Waals surface area contributed by atoms with Crippen LogP contribution in [0.2, 0.25) is 0 Å². The molecule has 0 heterocycles. The summed E-state index contributed by atoms with van der Waals surface area (Å²) in [4.78, 5) is 0. The summed E-state index contributed by atoms with van der Waals surface area (Å²) in [7, 11) is 0. The molecule has 0 aliphatic rings. The first-order valence-electron chi connectivity index (χ1n) is 20.7. The van der Waals surface area contributed by atoms with Crippen LogP contribution in [-0.2, 0) is 31.4 Å². The van der Waals surface area contributed by atoms with Crippen molar-refractivity contribution in [3.05, 3.63) is 0 Å². The minimum atomic E-state index is -4.19. The fourth-order valence-corrected chi connectivity index (χ4v) is 11.1. The van der Waals surface area contributed by atoms with Crippen molar-refractivity contribution >= 4 is 0 Å². The van der Waals surface area contributed by atoms with Crippen molar-refractivity contribution in [2.45, 2.75) is 260 Å². The summed E-state index contributed by atoms with van der Waals surface area (Å²) in [5.41, 5.74) is 0. The van der Waals surface area contributed by atoms with Crippen LogP contribution < -0.4 is 0 Å². The number of rotatable bonds is 36. The van der Waals surface area contributed by atoms with Gasteiger partial charge >= 0.3 is 291 Å². The molecule has 0 fully saturated rings. The van der Waals surface area contributed by atoms with Crippen LogP contribution in [0, 0.1) is 0 Å². The van der Waals surface area contributed by atoms with E-state index in [1.807, 2.05) is 0 Å². The van der Waals surface area contributed by atoms with Gasteiger partial charge < -0.3 is 0 Å². The quantitative estimate of drug-likeness (QED) is 0.0489. The van der Waals surface area contributed by atoms with E-state index in [0.717, 1.165) is 77.0 Å². The van der Waals surface area contributed by atoms with Crippen LogP contribution >= 0.6 is 0 Å². The van der Waals surface area contributed by atoms with E-state index >= 15 is 0 Å². The van der Waals surface area contributed by atoms with Crippen molar-refractivity contribution in [1.82, 2.24) is 0 Å². The normalized spacial score (nSPS) is 16.0. The Bertz CT molecular complexity index is 487. The number of hydrogen-bond acceptors (Lipinski definition) is 4. The van der Waals surface area contributed by atoms with Crippen molar-refractivity contribution in [3.8, 4) is 0 Å². The van der Waals surface area contributed by atoms with E-state index in [-0.39, 0.29) is 24.4 Å². The Morgan fingerprint density at radius 2 is 0.489 bits per heavy atom. The Morgan fingerprint density at radius 3 is 0.667 bits per heavy atom. The molecule has 45 heavy (non-hydrogen) atoms. The first-order valence-corrected chi connectivity index (χ1v) is 23.2. The van der Waals surface area contributed by atoms with Gasteiger partial charge in [0.2, 0.25) is 0 Å². The molecule has 0 radical (unpaired) electrons. The molecule has 0 bridgehead atoms. The van der Waals surface area contributed by atoms with Gasteiger partial charge in [0.15, 0.2) is 0 Å². The zero-order valence-electron chi connectivity index (χ0n) is 32.2. The van der Waals surface area contributed by atoms with E-state index in [1.165, 1.54) is 103 Å². The van der Waals surface area contributed by atoms with E-state index in [9.17, 15) is 0 Å². The fourth-order valence-electron chi connectivity index (χ4n) is 6.51. The summed E-state index contributed by atoms with van der Waals surface area (Å²) in [6.45, 7) is 18.4. The first-order chi connectivity index (χ1) is 22.0. The standard InChI is InChI=1S/4C10H21O.Ti/c4*1-3-5-6-7-9-10(11)8-4-2;/h4*10H,3-9H2,1-2H3;/q4*-1;+4. The summed E-state index contributed by atoms with van der Waals surface area (Å²) >= 11 is -4.19. The van der Waals surface area contributed by atoms with Gasteiger partial charge in [-0.25, -0.2) is 0 Å². The van der Waals surface area contributed by atoms with Crippen molar-refractivity contribution in [3.63, 3.8) is 0 Å². The summed E-state index contributed by atoms with van der Waals surface area (Å²) in [5.74, 6) is 0. The Morgan fingerprint density at radius 1 is 0.267 bits per heavy atom.